The summed E-state index contributed by atoms with van der Waals surface area (Å²) in [4.78, 5) is 14.5. The minimum Gasteiger partial charge on any atom is -0.323 e. The molecule has 1 aromatic carbocycles. The van der Waals surface area contributed by atoms with Crippen molar-refractivity contribution >= 4 is 5.91 Å². The summed E-state index contributed by atoms with van der Waals surface area (Å²) in [5.41, 5.74) is 0.589. The van der Waals surface area contributed by atoms with Crippen molar-refractivity contribution in [3.63, 3.8) is 0 Å². The molecule has 1 fully saturated rings. The van der Waals surface area contributed by atoms with Crippen molar-refractivity contribution in [1.82, 2.24) is 10.2 Å². The zero-order chi connectivity index (χ0) is 14.4. The highest BCUT2D eigenvalue weighted by molar-refractivity contribution is 5.87. The number of amides is 1. The lowest BCUT2D eigenvalue weighted by molar-refractivity contribution is -0.138. The van der Waals surface area contributed by atoms with E-state index in [-0.39, 0.29) is 12.5 Å². The predicted molar refractivity (Wildman–Crippen MR) is 77.7 cm³/mol. The lowest BCUT2D eigenvalue weighted by Gasteiger charge is -2.32. The van der Waals surface area contributed by atoms with Gasteiger partial charge in [-0.05, 0) is 31.4 Å². The molecule has 1 aromatic rings. The van der Waals surface area contributed by atoms with Crippen LogP contribution in [0.5, 0.6) is 0 Å². The van der Waals surface area contributed by atoms with Gasteiger partial charge in [-0.25, -0.2) is 0 Å². The molecule has 0 spiro atoms. The number of nitriles is 1. The first-order chi connectivity index (χ1) is 9.72. The molecule has 1 unspecified atom stereocenters. The Bertz CT molecular complexity index is 486. The minimum atomic E-state index is -0.467. The highest BCUT2D eigenvalue weighted by atomic mass is 16.2. The Balaban J connectivity index is 2.16. The van der Waals surface area contributed by atoms with Crippen LogP contribution in [0.15, 0.2) is 30.3 Å². The molecule has 1 amide bonds. The van der Waals surface area contributed by atoms with Crippen LogP contribution in [0.4, 0.5) is 0 Å². The summed E-state index contributed by atoms with van der Waals surface area (Å²) in [6, 6.07) is 11.9. The summed E-state index contributed by atoms with van der Waals surface area (Å²) in [7, 11) is 0. The lowest BCUT2D eigenvalue weighted by atomic mass is 9.92. The third-order valence-electron chi connectivity index (χ3n) is 4.02. The molecule has 20 heavy (non-hydrogen) atoms. The topological polar surface area (TPSA) is 56.1 Å². The molecule has 1 aliphatic heterocycles. The van der Waals surface area contributed by atoms with Crippen LogP contribution >= 0.6 is 0 Å². The molecule has 1 saturated heterocycles. The monoisotopic (exact) mass is 271 g/mol. The van der Waals surface area contributed by atoms with E-state index in [9.17, 15) is 4.79 Å². The fourth-order valence-electron chi connectivity index (χ4n) is 2.83. The molecular weight excluding hydrogens is 250 g/mol. The molecule has 0 bridgehead atoms. The second-order valence-corrected chi connectivity index (χ2v) is 5.27. The van der Waals surface area contributed by atoms with Gasteiger partial charge in [0.1, 0.15) is 6.54 Å². The molecule has 1 N–H and O–H groups in total. The van der Waals surface area contributed by atoms with Crippen LogP contribution in [0.25, 0.3) is 0 Å². The molecule has 2 rings (SSSR count). The van der Waals surface area contributed by atoms with Gasteiger partial charge in [-0.1, -0.05) is 37.3 Å². The van der Waals surface area contributed by atoms with Gasteiger partial charge in [0.05, 0.1) is 11.6 Å². The molecule has 0 aliphatic carbocycles. The maximum absolute atomic E-state index is 12.8. The summed E-state index contributed by atoms with van der Waals surface area (Å²) in [5, 5.41) is 12.3. The molecule has 0 aromatic heterocycles. The van der Waals surface area contributed by atoms with Gasteiger partial charge in [-0.15, -0.1) is 0 Å². The van der Waals surface area contributed by atoms with Gasteiger partial charge in [0.25, 0.3) is 0 Å². The second-order valence-electron chi connectivity index (χ2n) is 5.27. The quantitative estimate of drug-likeness (QED) is 0.834. The molecule has 1 atom stereocenters. The van der Waals surface area contributed by atoms with Crippen LogP contribution in [0.3, 0.4) is 0 Å². The highest BCUT2D eigenvalue weighted by Gasteiger charge is 2.41. The van der Waals surface area contributed by atoms with Gasteiger partial charge in [-0.2, -0.15) is 5.26 Å². The van der Waals surface area contributed by atoms with E-state index in [0.717, 1.165) is 31.4 Å². The molecule has 0 radical (unpaired) electrons. The molecule has 4 heteroatoms. The van der Waals surface area contributed by atoms with Gasteiger partial charge >= 0.3 is 0 Å². The van der Waals surface area contributed by atoms with Crippen LogP contribution in [-0.4, -0.2) is 29.4 Å². The first-order valence-corrected chi connectivity index (χ1v) is 7.17. The van der Waals surface area contributed by atoms with E-state index in [1.807, 2.05) is 37.3 Å². The van der Waals surface area contributed by atoms with Gasteiger partial charge < -0.3 is 10.2 Å². The zero-order valence-electron chi connectivity index (χ0n) is 11.9. The maximum Gasteiger partial charge on any atom is 0.244 e. The van der Waals surface area contributed by atoms with Crippen molar-refractivity contribution in [2.24, 2.45) is 0 Å². The van der Waals surface area contributed by atoms with Crippen LogP contribution in [0, 0.1) is 11.3 Å². The first-order valence-electron chi connectivity index (χ1n) is 7.17. The van der Waals surface area contributed by atoms with Gasteiger partial charge in [0, 0.05) is 6.54 Å². The molecule has 0 saturated carbocycles. The second kappa shape index (κ2) is 6.53. The average molecular weight is 271 g/mol. The standard InChI is InChI=1S/C16H21N3O/c1-2-16(9-6-11-18-16)15(20)19(12-10-17)13-14-7-4-3-5-8-14/h3-5,7-8,18H,2,6,9,11-13H2,1H3. The van der Waals surface area contributed by atoms with Crippen LogP contribution in [0.2, 0.25) is 0 Å². The molecule has 4 nitrogen and oxygen atoms in total. The Morgan fingerprint density at radius 2 is 2.20 bits per heavy atom. The Labute approximate surface area is 120 Å². The van der Waals surface area contributed by atoms with E-state index in [1.165, 1.54) is 0 Å². The Hall–Kier alpha value is -1.86. The highest BCUT2D eigenvalue weighted by Crippen LogP contribution is 2.26. The SMILES string of the molecule is CCC1(C(=O)N(CC#N)Cc2ccccc2)CCCN1. The van der Waals surface area contributed by atoms with Crippen molar-refractivity contribution in [3.05, 3.63) is 35.9 Å². The number of hydrogen-bond donors (Lipinski definition) is 1. The van der Waals surface area contributed by atoms with Crippen molar-refractivity contribution in [2.45, 2.75) is 38.3 Å². The van der Waals surface area contributed by atoms with Crippen LogP contribution in [-0.2, 0) is 11.3 Å². The largest absolute Gasteiger partial charge is 0.323 e. The molecule has 1 aliphatic rings. The van der Waals surface area contributed by atoms with E-state index < -0.39 is 5.54 Å². The number of hydrogen-bond acceptors (Lipinski definition) is 3. The Kier molecular flexibility index (Phi) is 4.75. The van der Waals surface area contributed by atoms with E-state index in [0.29, 0.717) is 6.54 Å². The van der Waals surface area contributed by atoms with Crippen molar-refractivity contribution < 1.29 is 4.79 Å². The normalized spacial score (nSPS) is 21.4. The number of carbonyl (C=O) groups excluding carboxylic acids is 1. The van der Waals surface area contributed by atoms with Gasteiger partial charge in [0.15, 0.2) is 0 Å². The Morgan fingerprint density at radius 1 is 1.45 bits per heavy atom. The number of benzene rings is 1. The maximum atomic E-state index is 12.8. The van der Waals surface area contributed by atoms with Crippen molar-refractivity contribution in [3.8, 4) is 6.07 Å². The smallest absolute Gasteiger partial charge is 0.244 e. The number of nitrogens with one attached hydrogen (secondary N) is 1. The van der Waals surface area contributed by atoms with Crippen LogP contribution in [0.1, 0.15) is 31.7 Å². The molecule has 1 heterocycles. The van der Waals surface area contributed by atoms with Crippen molar-refractivity contribution in [2.75, 3.05) is 13.1 Å². The lowest BCUT2D eigenvalue weighted by Crippen LogP contribution is -2.54. The zero-order valence-corrected chi connectivity index (χ0v) is 11.9. The average Bonchev–Trinajstić information content (AvgIpc) is 2.97. The van der Waals surface area contributed by atoms with E-state index in [1.54, 1.807) is 4.90 Å². The molecular formula is C16H21N3O. The fraction of sp³-hybridized carbons (Fsp3) is 0.500. The van der Waals surface area contributed by atoms with E-state index in [2.05, 4.69) is 11.4 Å². The van der Waals surface area contributed by atoms with E-state index >= 15 is 0 Å². The number of rotatable bonds is 5. The summed E-state index contributed by atoms with van der Waals surface area (Å²) < 4.78 is 0. The fourth-order valence-corrected chi connectivity index (χ4v) is 2.83. The summed E-state index contributed by atoms with van der Waals surface area (Å²) in [5.74, 6) is 0.0582. The third-order valence-corrected chi connectivity index (χ3v) is 4.02. The summed E-state index contributed by atoms with van der Waals surface area (Å²) >= 11 is 0. The summed E-state index contributed by atoms with van der Waals surface area (Å²) in [6.07, 6.45) is 2.65. The van der Waals surface area contributed by atoms with E-state index in [4.69, 9.17) is 5.26 Å². The summed E-state index contributed by atoms with van der Waals surface area (Å²) in [6.45, 7) is 3.54. The number of carbonyl (C=O) groups is 1. The van der Waals surface area contributed by atoms with Gasteiger partial charge in [0.2, 0.25) is 5.91 Å². The van der Waals surface area contributed by atoms with Crippen molar-refractivity contribution in [1.29, 1.82) is 5.26 Å². The predicted octanol–water partition coefficient (Wildman–Crippen LogP) is 2.07. The first kappa shape index (κ1) is 14.5. The number of nitrogens with zero attached hydrogens (tertiary/aromatic N) is 2. The molecule has 106 valence electrons. The van der Waals surface area contributed by atoms with Crippen LogP contribution < -0.4 is 5.32 Å². The minimum absolute atomic E-state index is 0.0582. The van der Waals surface area contributed by atoms with Gasteiger partial charge in [-0.3, -0.25) is 4.79 Å². The Morgan fingerprint density at radius 3 is 2.75 bits per heavy atom. The third kappa shape index (κ3) is 3.00.